The molecule has 1 aromatic heterocycles. The molecule has 23 heavy (non-hydrogen) atoms. The summed E-state index contributed by atoms with van der Waals surface area (Å²) in [7, 11) is 0. The van der Waals surface area contributed by atoms with Crippen LogP contribution in [0.1, 0.15) is 17.4 Å². The molecule has 1 saturated heterocycles. The van der Waals surface area contributed by atoms with Gasteiger partial charge >= 0.3 is 0 Å². The molecule has 1 amide bonds. The molecule has 0 radical (unpaired) electrons. The van der Waals surface area contributed by atoms with Gasteiger partial charge in [-0.3, -0.25) is 9.69 Å². The number of morpholine rings is 1. The van der Waals surface area contributed by atoms with Crippen LogP contribution < -0.4 is 5.32 Å². The van der Waals surface area contributed by atoms with E-state index in [1.165, 1.54) is 0 Å². The highest BCUT2D eigenvalue weighted by atomic mass is 16.5. The normalized spacial score (nSPS) is 16.9. The van der Waals surface area contributed by atoms with Crippen LogP contribution in [-0.2, 0) is 16.0 Å². The van der Waals surface area contributed by atoms with Gasteiger partial charge in [0.1, 0.15) is 5.76 Å². The second kappa shape index (κ2) is 7.94. The Kier molecular flexibility index (Phi) is 5.45. The Hall–Kier alpha value is -2.11. The maximum absolute atomic E-state index is 12.2. The van der Waals surface area contributed by atoms with Gasteiger partial charge in [0.15, 0.2) is 0 Å². The quantitative estimate of drug-likeness (QED) is 0.886. The van der Waals surface area contributed by atoms with Crippen molar-refractivity contribution < 1.29 is 13.9 Å². The number of nitrogens with one attached hydrogen (secondary N) is 1. The van der Waals surface area contributed by atoms with E-state index in [1.807, 2.05) is 42.5 Å². The molecule has 0 aliphatic carbocycles. The fourth-order valence-electron chi connectivity index (χ4n) is 2.83. The van der Waals surface area contributed by atoms with Crippen LogP contribution in [0.5, 0.6) is 0 Å². The van der Waals surface area contributed by atoms with Gasteiger partial charge in [0.2, 0.25) is 5.91 Å². The first-order chi connectivity index (χ1) is 11.3. The van der Waals surface area contributed by atoms with Crippen molar-refractivity contribution in [3.05, 3.63) is 60.1 Å². The predicted octanol–water partition coefficient (Wildman–Crippen LogP) is 2.01. The number of furan rings is 1. The minimum absolute atomic E-state index is 0.0287. The van der Waals surface area contributed by atoms with Gasteiger partial charge in [0.05, 0.1) is 31.9 Å². The molecule has 5 nitrogen and oxygen atoms in total. The standard InChI is InChI=1S/C18H22N2O3/c21-18(13-15-5-2-1-3-6-15)19-14-16(17-7-4-10-23-17)20-8-11-22-12-9-20/h1-7,10,16H,8-9,11-14H2,(H,19,21). The molecule has 1 aromatic carbocycles. The maximum atomic E-state index is 12.2. The van der Waals surface area contributed by atoms with Crippen LogP contribution in [0.4, 0.5) is 0 Å². The Balaban J connectivity index is 1.59. The smallest absolute Gasteiger partial charge is 0.224 e. The largest absolute Gasteiger partial charge is 0.468 e. The van der Waals surface area contributed by atoms with Crippen LogP contribution in [0.25, 0.3) is 0 Å². The van der Waals surface area contributed by atoms with Gasteiger partial charge < -0.3 is 14.5 Å². The van der Waals surface area contributed by atoms with E-state index in [2.05, 4.69) is 10.2 Å². The van der Waals surface area contributed by atoms with Gasteiger partial charge in [-0.15, -0.1) is 0 Å². The third-order valence-corrected chi connectivity index (χ3v) is 4.06. The van der Waals surface area contributed by atoms with E-state index in [0.29, 0.717) is 13.0 Å². The third kappa shape index (κ3) is 4.43. The minimum Gasteiger partial charge on any atom is -0.468 e. The van der Waals surface area contributed by atoms with Crippen LogP contribution in [0.2, 0.25) is 0 Å². The number of rotatable bonds is 6. The summed E-state index contributed by atoms with van der Waals surface area (Å²) in [5, 5.41) is 3.04. The lowest BCUT2D eigenvalue weighted by Crippen LogP contribution is -2.43. The van der Waals surface area contributed by atoms with Gasteiger partial charge in [-0.1, -0.05) is 30.3 Å². The summed E-state index contributed by atoms with van der Waals surface area (Å²) in [6.07, 6.45) is 2.07. The van der Waals surface area contributed by atoms with Crippen molar-refractivity contribution in [3.63, 3.8) is 0 Å². The molecule has 0 spiro atoms. The zero-order valence-electron chi connectivity index (χ0n) is 13.1. The minimum atomic E-state index is 0.0287. The monoisotopic (exact) mass is 314 g/mol. The summed E-state index contributed by atoms with van der Waals surface area (Å²) in [6, 6.07) is 13.7. The third-order valence-electron chi connectivity index (χ3n) is 4.06. The Morgan fingerprint density at radius 2 is 1.91 bits per heavy atom. The first-order valence-corrected chi connectivity index (χ1v) is 7.99. The molecule has 1 aliphatic rings. The van der Waals surface area contributed by atoms with E-state index in [0.717, 1.165) is 37.6 Å². The number of carbonyl (C=O) groups is 1. The van der Waals surface area contributed by atoms with Crippen LogP contribution in [0, 0.1) is 0 Å². The van der Waals surface area contributed by atoms with Crippen molar-refractivity contribution in [2.75, 3.05) is 32.8 Å². The van der Waals surface area contributed by atoms with E-state index < -0.39 is 0 Å². The number of amides is 1. The summed E-state index contributed by atoms with van der Waals surface area (Å²) in [5.74, 6) is 0.910. The molecule has 5 heteroatoms. The first kappa shape index (κ1) is 15.8. The highest BCUT2D eigenvalue weighted by Gasteiger charge is 2.25. The number of hydrogen-bond acceptors (Lipinski definition) is 4. The Morgan fingerprint density at radius 3 is 2.61 bits per heavy atom. The Labute approximate surface area is 136 Å². The van der Waals surface area contributed by atoms with Crippen LogP contribution in [-0.4, -0.2) is 43.7 Å². The zero-order chi connectivity index (χ0) is 15.9. The van der Waals surface area contributed by atoms with Gasteiger partial charge in [0, 0.05) is 19.6 Å². The fraction of sp³-hybridized carbons (Fsp3) is 0.389. The maximum Gasteiger partial charge on any atom is 0.224 e. The summed E-state index contributed by atoms with van der Waals surface area (Å²) in [4.78, 5) is 14.5. The van der Waals surface area contributed by atoms with Crippen LogP contribution in [0.3, 0.4) is 0 Å². The second-order valence-electron chi connectivity index (χ2n) is 5.65. The van der Waals surface area contributed by atoms with Crippen molar-refractivity contribution in [1.82, 2.24) is 10.2 Å². The van der Waals surface area contributed by atoms with Crippen molar-refractivity contribution in [2.24, 2.45) is 0 Å². The average Bonchev–Trinajstić information content (AvgIpc) is 3.11. The Bertz CT molecular complexity index is 592. The molecule has 0 bridgehead atoms. The topological polar surface area (TPSA) is 54.7 Å². The Morgan fingerprint density at radius 1 is 1.13 bits per heavy atom. The van der Waals surface area contributed by atoms with Gasteiger partial charge in [-0.05, 0) is 17.7 Å². The van der Waals surface area contributed by atoms with Crippen molar-refractivity contribution >= 4 is 5.91 Å². The lowest BCUT2D eigenvalue weighted by Gasteiger charge is -2.33. The highest BCUT2D eigenvalue weighted by Crippen LogP contribution is 2.21. The number of carbonyl (C=O) groups excluding carboxylic acids is 1. The summed E-state index contributed by atoms with van der Waals surface area (Å²) in [6.45, 7) is 3.67. The van der Waals surface area contributed by atoms with Crippen molar-refractivity contribution in [2.45, 2.75) is 12.5 Å². The highest BCUT2D eigenvalue weighted by molar-refractivity contribution is 5.78. The average molecular weight is 314 g/mol. The molecule has 2 aromatic rings. The number of hydrogen-bond donors (Lipinski definition) is 1. The van der Waals surface area contributed by atoms with Crippen molar-refractivity contribution in [1.29, 1.82) is 0 Å². The molecule has 1 N–H and O–H groups in total. The molecule has 0 saturated carbocycles. The van der Waals surface area contributed by atoms with E-state index in [-0.39, 0.29) is 11.9 Å². The molecule has 1 aliphatic heterocycles. The van der Waals surface area contributed by atoms with Crippen molar-refractivity contribution in [3.8, 4) is 0 Å². The SMILES string of the molecule is O=C(Cc1ccccc1)NCC(c1ccco1)N1CCOCC1. The van der Waals surface area contributed by atoms with Gasteiger partial charge in [-0.2, -0.15) is 0 Å². The lowest BCUT2D eigenvalue weighted by molar-refractivity contribution is -0.120. The van der Waals surface area contributed by atoms with E-state index in [9.17, 15) is 4.79 Å². The summed E-state index contributed by atoms with van der Waals surface area (Å²) in [5.41, 5.74) is 1.02. The fourth-order valence-corrected chi connectivity index (χ4v) is 2.83. The van der Waals surface area contributed by atoms with Crippen LogP contribution in [0.15, 0.2) is 53.1 Å². The molecule has 3 rings (SSSR count). The second-order valence-corrected chi connectivity index (χ2v) is 5.65. The van der Waals surface area contributed by atoms with Crippen LogP contribution >= 0.6 is 0 Å². The molecule has 1 fully saturated rings. The molecular formula is C18H22N2O3. The first-order valence-electron chi connectivity index (χ1n) is 7.99. The van der Waals surface area contributed by atoms with Gasteiger partial charge in [0.25, 0.3) is 0 Å². The van der Waals surface area contributed by atoms with E-state index >= 15 is 0 Å². The molecule has 2 heterocycles. The van der Waals surface area contributed by atoms with E-state index in [1.54, 1.807) is 6.26 Å². The molecule has 122 valence electrons. The number of ether oxygens (including phenoxy) is 1. The summed E-state index contributed by atoms with van der Waals surface area (Å²) < 4.78 is 11.0. The summed E-state index contributed by atoms with van der Waals surface area (Å²) >= 11 is 0. The molecule has 1 unspecified atom stereocenters. The molecular weight excluding hydrogens is 292 g/mol. The predicted molar refractivity (Wildman–Crippen MR) is 87.0 cm³/mol. The zero-order valence-corrected chi connectivity index (χ0v) is 13.1. The van der Waals surface area contributed by atoms with Gasteiger partial charge in [-0.25, -0.2) is 0 Å². The number of benzene rings is 1. The number of nitrogens with zero attached hydrogens (tertiary/aromatic N) is 1. The van der Waals surface area contributed by atoms with E-state index in [4.69, 9.17) is 9.15 Å². The lowest BCUT2D eigenvalue weighted by atomic mass is 10.1. The molecule has 1 atom stereocenters.